The molecule has 1 amide bonds. The molecule has 0 bridgehead atoms. The molecular formula is C23H29NO4. The summed E-state index contributed by atoms with van der Waals surface area (Å²) in [5.74, 6) is -0.127. The highest BCUT2D eigenvalue weighted by Gasteiger charge is 2.27. The van der Waals surface area contributed by atoms with Crippen molar-refractivity contribution in [2.24, 2.45) is 5.92 Å². The van der Waals surface area contributed by atoms with Gasteiger partial charge in [-0.15, -0.1) is 0 Å². The van der Waals surface area contributed by atoms with Gasteiger partial charge in [0, 0.05) is 5.41 Å². The number of esters is 1. The van der Waals surface area contributed by atoms with Crippen molar-refractivity contribution in [3.63, 3.8) is 0 Å². The standard InChI is InChI=1S/C23H29NO4/c1-6-16(2)20(21(25)27-5)24-22(26)28-19-14-12-18(13-15-19)23(3,4)17-10-8-7-9-11-17/h7-16,20H,6H2,1-5H3,(H,24,26). The minimum atomic E-state index is -0.737. The molecular weight excluding hydrogens is 354 g/mol. The molecule has 0 saturated heterocycles. The Kier molecular flexibility index (Phi) is 7.21. The zero-order chi connectivity index (χ0) is 20.7. The van der Waals surface area contributed by atoms with E-state index < -0.39 is 18.1 Å². The van der Waals surface area contributed by atoms with E-state index in [4.69, 9.17) is 9.47 Å². The lowest BCUT2D eigenvalue weighted by Crippen LogP contribution is -2.46. The van der Waals surface area contributed by atoms with Gasteiger partial charge >= 0.3 is 12.1 Å². The molecule has 0 radical (unpaired) electrons. The van der Waals surface area contributed by atoms with Gasteiger partial charge in [-0.3, -0.25) is 0 Å². The molecule has 5 nitrogen and oxygen atoms in total. The third kappa shape index (κ3) is 5.12. The Morgan fingerprint density at radius 2 is 1.57 bits per heavy atom. The highest BCUT2D eigenvalue weighted by atomic mass is 16.6. The maximum absolute atomic E-state index is 12.2. The van der Waals surface area contributed by atoms with Crippen LogP contribution < -0.4 is 10.1 Å². The normalized spacial score (nSPS) is 13.3. The van der Waals surface area contributed by atoms with E-state index in [9.17, 15) is 9.59 Å². The van der Waals surface area contributed by atoms with Crippen LogP contribution in [0.1, 0.15) is 45.2 Å². The molecule has 2 unspecified atom stereocenters. The number of hydrogen-bond donors (Lipinski definition) is 1. The van der Waals surface area contributed by atoms with Crippen LogP contribution in [0.4, 0.5) is 4.79 Å². The van der Waals surface area contributed by atoms with Gasteiger partial charge in [-0.05, 0) is 29.2 Å². The van der Waals surface area contributed by atoms with Crippen LogP contribution in [-0.4, -0.2) is 25.2 Å². The van der Waals surface area contributed by atoms with Crippen molar-refractivity contribution in [2.75, 3.05) is 7.11 Å². The molecule has 0 aliphatic rings. The van der Waals surface area contributed by atoms with Crippen LogP contribution in [0, 0.1) is 5.92 Å². The van der Waals surface area contributed by atoms with E-state index in [0.717, 1.165) is 12.0 Å². The van der Waals surface area contributed by atoms with Gasteiger partial charge in [0.1, 0.15) is 11.8 Å². The van der Waals surface area contributed by atoms with Crippen LogP contribution in [0.2, 0.25) is 0 Å². The van der Waals surface area contributed by atoms with Crippen molar-refractivity contribution in [3.05, 3.63) is 65.7 Å². The third-order valence-corrected chi connectivity index (χ3v) is 5.22. The first-order valence-electron chi connectivity index (χ1n) is 9.51. The Balaban J connectivity index is 2.07. The van der Waals surface area contributed by atoms with E-state index in [1.807, 2.05) is 44.2 Å². The first-order valence-corrected chi connectivity index (χ1v) is 9.51. The zero-order valence-electron chi connectivity index (χ0n) is 17.2. The van der Waals surface area contributed by atoms with Crippen molar-refractivity contribution < 1.29 is 19.1 Å². The van der Waals surface area contributed by atoms with Gasteiger partial charge in [0.25, 0.3) is 0 Å². The van der Waals surface area contributed by atoms with Crippen molar-refractivity contribution in [2.45, 2.75) is 45.6 Å². The predicted octanol–water partition coefficient (Wildman–Crippen LogP) is 4.69. The van der Waals surface area contributed by atoms with Gasteiger partial charge in [-0.2, -0.15) is 0 Å². The smallest absolute Gasteiger partial charge is 0.413 e. The molecule has 2 atom stereocenters. The maximum Gasteiger partial charge on any atom is 0.413 e. The summed E-state index contributed by atoms with van der Waals surface area (Å²) >= 11 is 0. The Morgan fingerprint density at radius 1 is 1.00 bits per heavy atom. The fraction of sp³-hybridized carbons (Fsp3) is 0.391. The fourth-order valence-corrected chi connectivity index (χ4v) is 3.02. The number of rotatable bonds is 7. The van der Waals surface area contributed by atoms with E-state index in [2.05, 4.69) is 31.3 Å². The van der Waals surface area contributed by atoms with Gasteiger partial charge < -0.3 is 14.8 Å². The first-order chi connectivity index (χ1) is 13.3. The maximum atomic E-state index is 12.2. The van der Waals surface area contributed by atoms with Crippen LogP contribution in [0.25, 0.3) is 0 Å². The molecule has 0 heterocycles. The van der Waals surface area contributed by atoms with Crippen molar-refractivity contribution in [3.8, 4) is 5.75 Å². The summed E-state index contributed by atoms with van der Waals surface area (Å²) in [6.45, 7) is 8.12. The Morgan fingerprint density at radius 3 is 2.11 bits per heavy atom. The number of amides is 1. The summed E-state index contributed by atoms with van der Waals surface area (Å²) in [5.41, 5.74) is 2.14. The highest BCUT2D eigenvalue weighted by Crippen LogP contribution is 2.32. The number of nitrogens with one attached hydrogen (secondary N) is 1. The number of benzene rings is 2. The summed E-state index contributed by atoms with van der Waals surface area (Å²) in [6, 6.07) is 16.9. The number of carbonyl (C=O) groups is 2. The number of hydrogen-bond acceptors (Lipinski definition) is 4. The molecule has 2 aromatic rings. The van der Waals surface area contributed by atoms with E-state index in [0.29, 0.717) is 5.75 Å². The first kappa shape index (κ1) is 21.5. The third-order valence-electron chi connectivity index (χ3n) is 5.22. The summed E-state index contributed by atoms with van der Waals surface area (Å²) in [5, 5.41) is 2.60. The van der Waals surface area contributed by atoms with E-state index in [-0.39, 0.29) is 11.3 Å². The molecule has 1 N–H and O–H groups in total. The second kappa shape index (κ2) is 9.40. The monoisotopic (exact) mass is 383 g/mol. The van der Waals surface area contributed by atoms with Gasteiger partial charge in [0.15, 0.2) is 0 Å². The van der Waals surface area contributed by atoms with Crippen molar-refractivity contribution in [1.29, 1.82) is 0 Å². The quantitative estimate of drug-likeness (QED) is 0.705. The van der Waals surface area contributed by atoms with Crippen LogP contribution in [-0.2, 0) is 14.9 Å². The highest BCUT2D eigenvalue weighted by molar-refractivity contribution is 5.82. The Hall–Kier alpha value is -2.82. The molecule has 0 saturated carbocycles. The summed E-state index contributed by atoms with van der Waals surface area (Å²) in [4.78, 5) is 24.1. The van der Waals surface area contributed by atoms with Crippen LogP contribution in [0.15, 0.2) is 54.6 Å². The van der Waals surface area contributed by atoms with Gasteiger partial charge in [-0.25, -0.2) is 9.59 Å². The number of methoxy groups -OCH3 is 1. The largest absolute Gasteiger partial charge is 0.467 e. The van der Waals surface area contributed by atoms with Gasteiger partial charge in [0.2, 0.25) is 0 Å². The van der Waals surface area contributed by atoms with Crippen LogP contribution in [0.3, 0.4) is 0 Å². The van der Waals surface area contributed by atoms with Crippen LogP contribution in [0.5, 0.6) is 5.75 Å². The molecule has 2 aromatic carbocycles. The lowest BCUT2D eigenvalue weighted by molar-refractivity contribution is -0.144. The second-order valence-electron chi connectivity index (χ2n) is 7.44. The summed E-state index contributed by atoms with van der Waals surface area (Å²) < 4.78 is 10.1. The minimum absolute atomic E-state index is 0.0611. The molecule has 0 aromatic heterocycles. The average Bonchev–Trinajstić information content (AvgIpc) is 2.72. The summed E-state index contributed by atoms with van der Waals surface area (Å²) in [6.07, 6.45) is 0.0503. The SMILES string of the molecule is CCC(C)C(NC(=O)Oc1ccc(C(C)(C)c2ccccc2)cc1)C(=O)OC. The van der Waals surface area contributed by atoms with E-state index in [1.54, 1.807) is 12.1 Å². The van der Waals surface area contributed by atoms with E-state index >= 15 is 0 Å². The Labute approximate surface area is 167 Å². The fourth-order valence-electron chi connectivity index (χ4n) is 3.02. The number of carbonyl (C=O) groups excluding carboxylic acids is 2. The van der Waals surface area contributed by atoms with Crippen molar-refractivity contribution in [1.82, 2.24) is 5.32 Å². The molecule has 2 rings (SSSR count). The molecule has 5 heteroatoms. The minimum Gasteiger partial charge on any atom is -0.467 e. The summed E-state index contributed by atoms with van der Waals surface area (Å²) in [7, 11) is 1.30. The lowest BCUT2D eigenvalue weighted by Gasteiger charge is -2.26. The van der Waals surface area contributed by atoms with Gasteiger partial charge in [-0.1, -0.05) is 76.6 Å². The van der Waals surface area contributed by atoms with E-state index in [1.165, 1.54) is 12.7 Å². The lowest BCUT2D eigenvalue weighted by atomic mass is 9.78. The Bertz CT molecular complexity index is 784. The molecule has 0 aliphatic carbocycles. The van der Waals surface area contributed by atoms with Crippen LogP contribution >= 0.6 is 0 Å². The molecule has 0 aliphatic heterocycles. The second-order valence-corrected chi connectivity index (χ2v) is 7.44. The molecule has 150 valence electrons. The molecule has 0 fully saturated rings. The zero-order valence-corrected chi connectivity index (χ0v) is 17.2. The number of ether oxygens (including phenoxy) is 2. The molecule has 0 spiro atoms. The topological polar surface area (TPSA) is 64.6 Å². The van der Waals surface area contributed by atoms with Crippen molar-refractivity contribution >= 4 is 12.1 Å². The molecule has 28 heavy (non-hydrogen) atoms. The van der Waals surface area contributed by atoms with Gasteiger partial charge in [0.05, 0.1) is 7.11 Å². The predicted molar refractivity (Wildman–Crippen MR) is 109 cm³/mol. The average molecular weight is 383 g/mol.